The van der Waals surface area contributed by atoms with Gasteiger partial charge in [0.1, 0.15) is 10.7 Å². The molecule has 0 radical (unpaired) electrons. The molecule has 0 atom stereocenters. The van der Waals surface area contributed by atoms with E-state index in [2.05, 4.69) is 0 Å². The summed E-state index contributed by atoms with van der Waals surface area (Å²) in [5, 5.41) is 8.89. The van der Waals surface area contributed by atoms with E-state index in [1.807, 2.05) is 13.8 Å². The zero-order valence-electron chi connectivity index (χ0n) is 11.8. The fourth-order valence-electron chi connectivity index (χ4n) is 2.12. The van der Waals surface area contributed by atoms with Crippen LogP contribution >= 0.6 is 0 Å². The first kappa shape index (κ1) is 15.1. The van der Waals surface area contributed by atoms with Crippen LogP contribution in [0.4, 0.5) is 0 Å². The third kappa shape index (κ3) is 2.88. The number of hydrogen-bond donors (Lipinski definition) is 1. The van der Waals surface area contributed by atoms with Crippen LogP contribution < -0.4 is 0 Å². The van der Waals surface area contributed by atoms with Crippen molar-refractivity contribution in [1.82, 2.24) is 4.31 Å². The Balaban J connectivity index is 2.39. The van der Waals surface area contributed by atoms with Gasteiger partial charge in [0, 0.05) is 18.7 Å². The molecule has 0 spiro atoms. The first-order valence-electron chi connectivity index (χ1n) is 6.59. The molecule has 0 bridgehead atoms. The number of nitrogens with zero attached hydrogens (tertiary/aromatic N) is 1. The largest absolute Gasteiger partial charge is 0.475 e. The maximum Gasteiger partial charge on any atom is 0.371 e. The summed E-state index contributed by atoms with van der Waals surface area (Å²) in [6.07, 6.45) is 1.71. The van der Waals surface area contributed by atoms with Crippen LogP contribution in [-0.4, -0.2) is 36.4 Å². The van der Waals surface area contributed by atoms with Crippen molar-refractivity contribution in [2.75, 3.05) is 6.54 Å². The molecule has 2 rings (SSSR count). The topological polar surface area (TPSA) is 87.8 Å². The lowest BCUT2D eigenvalue weighted by atomic mass is 10.2. The average Bonchev–Trinajstić information content (AvgIpc) is 3.07. The van der Waals surface area contributed by atoms with Gasteiger partial charge in [-0.1, -0.05) is 13.8 Å². The summed E-state index contributed by atoms with van der Waals surface area (Å²) in [6, 6.07) is 1.13. The fraction of sp³-hybridized carbons (Fsp3) is 0.615. The number of carboxylic acids is 1. The second-order valence-electron chi connectivity index (χ2n) is 5.54. The summed E-state index contributed by atoms with van der Waals surface area (Å²) in [5.74, 6) is -1.29. The van der Waals surface area contributed by atoms with Crippen LogP contribution in [0.15, 0.2) is 15.4 Å². The normalized spacial score (nSPS) is 16.1. The zero-order valence-corrected chi connectivity index (χ0v) is 12.6. The standard InChI is InChI=1S/C13H19NO5S/c1-8(2)7-14(10-4-5-10)20(17,18)12-6-11(13(15)16)19-9(12)3/h6,8,10H,4-5,7H2,1-3H3,(H,15,16). The van der Waals surface area contributed by atoms with Crippen LogP contribution in [0.1, 0.15) is 43.0 Å². The van der Waals surface area contributed by atoms with Gasteiger partial charge in [-0.2, -0.15) is 4.31 Å². The lowest BCUT2D eigenvalue weighted by molar-refractivity contribution is 0.0661. The van der Waals surface area contributed by atoms with Crippen LogP contribution in [0, 0.1) is 12.8 Å². The van der Waals surface area contributed by atoms with Gasteiger partial charge in [0.05, 0.1) is 0 Å². The van der Waals surface area contributed by atoms with Crippen molar-refractivity contribution in [3.63, 3.8) is 0 Å². The van der Waals surface area contributed by atoms with Crippen LogP contribution in [0.3, 0.4) is 0 Å². The smallest absolute Gasteiger partial charge is 0.371 e. The molecule has 1 aliphatic carbocycles. The highest BCUT2D eigenvalue weighted by molar-refractivity contribution is 7.89. The molecule has 7 heteroatoms. The van der Waals surface area contributed by atoms with Crippen LogP contribution in [0.5, 0.6) is 0 Å². The van der Waals surface area contributed by atoms with Crippen molar-refractivity contribution in [3.8, 4) is 0 Å². The SMILES string of the molecule is Cc1oc(C(=O)O)cc1S(=O)(=O)N(CC(C)C)C1CC1. The molecule has 1 aliphatic rings. The molecule has 6 nitrogen and oxygen atoms in total. The number of rotatable bonds is 6. The Morgan fingerprint density at radius 1 is 1.50 bits per heavy atom. The monoisotopic (exact) mass is 301 g/mol. The Kier molecular flexibility index (Phi) is 3.93. The molecule has 0 aromatic carbocycles. The van der Waals surface area contributed by atoms with E-state index in [9.17, 15) is 13.2 Å². The van der Waals surface area contributed by atoms with Gasteiger partial charge in [-0.05, 0) is 25.7 Å². The van der Waals surface area contributed by atoms with Gasteiger partial charge in [-0.15, -0.1) is 0 Å². The van der Waals surface area contributed by atoms with Crippen LogP contribution in [0.2, 0.25) is 0 Å². The van der Waals surface area contributed by atoms with Crippen LogP contribution in [0.25, 0.3) is 0 Å². The minimum atomic E-state index is -3.70. The Morgan fingerprint density at radius 2 is 2.10 bits per heavy atom. The predicted molar refractivity (Wildman–Crippen MR) is 72.2 cm³/mol. The molecule has 0 amide bonds. The molecule has 0 saturated heterocycles. The number of carbonyl (C=O) groups is 1. The van der Waals surface area contributed by atoms with Crippen molar-refractivity contribution < 1.29 is 22.7 Å². The van der Waals surface area contributed by atoms with Gasteiger partial charge in [-0.3, -0.25) is 0 Å². The number of aryl methyl sites for hydroxylation is 1. The van der Waals surface area contributed by atoms with Gasteiger partial charge in [0.15, 0.2) is 0 Å². The minimum Gasteiger partial charge on any atom is -0.475 e. The highest BCUT2D eigenvalue weighted by Crippen LogP contribution is 2.34. The van der Waals surface area contributed by atoms with Gasteiger partial charge >= 0.3 is 5.97 Å². The second-order valence-corrected chi connectivity index (χ2v) is 7.39. The molecule has 1 heterocycles. The number of sulfonamides is 1. The molecular formula is C13H19NO5S. The Bertz CT molecular complexity index is 613. The van der Waals surface area contributed by atoms with E-state index in [1.165, 1.54) is 11.2 Å². The van der Waals surface area contributed by atoms with Gasteiger partial charge in [-0.25, -0.2) is 13.2 Å². The number of carboxylic acid groups (broad SMARTS) is 1. The molecule has 1 aromatic rings. The second kappa shape index (κ2) is 5.21. The molecule has 20 heavy (non-hydrogen) atoms. The summed E-state index contributed by atoms with van der Waals surface area (Å²) >= 11 is 0. The lowest BCUT2D eigenvalue weighted by Gasteiger charge is -2.23. The van der Waals surface area contributed by atoms with Crippen molar-refractivity contribution in [3.05, 3.63) is 17.6 Å². The maximum atomic E-state index is 12.7. The number of hydrogen-bond acceptors (Lipinski definition) is 4. The van der Waals surface area contributed by atoms with Crippen molar-refractivity contribution in [1.29, 1.82) is 0 Å². The Labute approximate surface area is 118 Å². The Hall–Kier alpha value is -1.34. The van der Waals surface area contributed by atoms with Crippen molar-refractivity contribution in [2.24, 2.45) is 5.92 Å². The summed E-state index contributed by atoms with van der Waals surface area (Å²) < 4.78 is 31.8. The summed E-state index contributed by atoms with van der Waals surface area (Å²) in [7, 11) is -3.70. The zero-order chi connectivity index (χ0) is 15.1. The third-order valence-electron chi connectivity index (χ3n) is 3.17. The highest BCUT2D eigenvalue weighted by atomic mass is 32.2. The molecule has 1 N–H and O–H groups in total. The summed E-state index contributed by atoms with van der Waals surface area (Å²) in [4.78, 5) is 10.8. The molecule has 1 aromatic heterocycles. The van der Waals surface area contributed by atoms with E-state index in [4.69, 9.17) is 9.52 Å². The molecule has 0 aliphatic heterocycles. The molecule has 112 valence electrons. The fourth-order valence-corrected chi connectivity index (χ4v) is 4.13. The predicted octanol–water partition coefficient (Wildman–Crippen LogP) is 2.10. The number of aromatic carboxylic acids is 1. The molecule has 0 unspecified atom stereocenters. The number of furan rings is 1. The highest BCUT2D eigenvalue weighted by Gasteiger charge is 2.40. The molecule has 1 fully saturated rings. The molecular weight excluding hydrogens is 282 g/mol. The quantitative estimate of drug-likeness (QED) is 0.869. The third-order valence-corrected chi connectivity index (χ3v) is 5.19. The van der Waals surface area contributed by atoms with E-state index >= 15 is 0 Å². The summed E-state index contributed by atoms with van der Waals surface area (Å²) in [6.45, 7) is 5.81. The Morgan fingerprint density at radius 3 is 2.50 bits per heavy atom. The van der Waals surface area contributed by atoms with E-state index in [0.29, 0.717) is 6.54 Å². The van der Waals surface area contributed by atoms with E-state index in [1.54, 1.807) is 0 Å². The van der Waals surface area contributed by atoms with Gasteiger partial charge in [0.2, 0.25) is 15.8 Å². The van der Waals surface area contributed by atoms with Gasteiger partial charge in [0.25, 0.3) is 0 Å². The first-order chi connectivity index (χ1) is 9.23. The summed E-state index contributed by atoms with van der Waals surface area (Å²) in [5.41, 5.74) is 0. The van der Waals surface area contributed by atoms with Gasteiger partial charge < -0.3 is 9.52 Å². The van der Waals surface area contributed by atoms with E-state index < -0.39 is 16.0 Å². The van der Waals surface area contributed by atoms with Crippen LogP contribution in [-0.2, 0) is 10.0 Å². The van der Waals surface area contributed by atoms with Crippen molar-refractivity contribution >= 4 is 16.0 Å². The average molecular weight is 301 g/mol. The first-order valence-corrected chi connectivity index (χ1v) is 8.03. The van der Waals surface area contributed by atoms with E-state index in [0.717, 1.165) is 18.9 Å². The van der Waals surface area contributed by atoms with E-state index in [-0.39, 0.29) is 28.4 Å². The van der Waals surface area contributed by atoms with Crippen molar-refractivity contribution in [2.45, 2.75) is 44.6 Å². The molecule has 1 saturated carbocycles. The lowest BCUT2D eigenvalue weighted by Crippen LogP contribution is -2.36. The maximum absolute atomic E-state index is 12.7. The minimum absolute atomic E-state index is 0.0324.